The average molecular weight is 361 g/mol. The predicted molar refractivity (Wildman–Crippen MR) is 99.2 cm³/mol. The highest BCUT2D eigenvalue weighted by molar-refractivity contribution is 8.13. The Balaban J connectivity index is 1.84. The van der Waals surface area contributed by atoms with Crippen LogP contribution in [0.3, 0.4) is 0 Å². The summed E-state index contributed by atoms with van der Waals surface area (Å²) in [5.74, 6) is -0.692. The van der Waals surface area contributed by atoms with E-state index in [2.05, 4.69) is 10.3 Å². The molecule has 4 N–H and O–H groups in total. The van der Waals surface area contributed by atoms with Crippen LogP contribution in [0.25, 0.3) is 0 Å². The lowest BCUT2D eigenvalue weighted by Crippen LogP contribution is -2.29. The van der Waals surface area contributed by atoms with Crippen LogP contribution in [0.4, 0.5) is 10.1 Å². The number of aliphatic hydroxyl groups excluding tert-OH is 1. The number of hydrogen-bond acceptors (Lipinski definition) is 5. The van der Waals surface area contributed by atoms with Gasteiger partial charge in [0.05, 0.1) is 5.54 Å². The van der Waals surface area contributed by atoms with Gasteiger partial charge in [-0.25, -0.2) is 4.39 Å². The second-order valence-electron chi connectivity index (χ2n) is 6.27. The van der Waals surface area contributed by atoms with E-state index in [4.69, 9.17) is 5.73 Å². The number of thioether (sulfide) groups is 1. The number of carbonyl (C=O) groups is 1. The van der Waals surface area contributed by atoms with Crippen molar-refractivity contribution in [3.8, 4) is 0 Å². The molecule has 1 heterocycles. The fourth-order valence-corrected chi connectivity index (χ4v) is 3.94. The van der Waals surface area contributed by atoms with Crippen LogP contribution in [0, 0.1) is 0 Å². The zero-order valence-electron chi connectivity index (χ0n) is 13.9. The van der Waals surface area contributed by atoms with E-state index in [0.29, 0.717) is 17.3 Å². The predicted octanol–water partition coefficient (Wildman–Crippen LogP) is 3.75. The number of anilines is 1. The second-order valence-corrected chi connectivity index (χ2v) is 7.38. The molecule has 1 amide bonds. The second kappa shape index (κ2) is 6.92. The number of nitrogens with one attached hydrogen (secondary N) is 1. The third-order valence-electron chi connectivity index (χ3n) is 4.39. The van der Waals surface area contributed by atoms with E-state index >= 15 is 0 Å². The lowest BCUT2D eigenvalue weighted by Gasteiger charge is -2.30. The largest absolute Gasteiger partial charge is 0.507 e. The Kier molecular flexibility index (Phi) is 4.85. The van der Waals surface area contributed by atoms with Gasteiger partial charge in [-0.1, -0.05) is 23.9 Å². The molecule has 0 saturated heterocycles. The Morgan fingerprint density at radius 2 is 2.28 bits per heavy atom. The molecule has 0 fully saturated rings. The number of nitrogens with two attached hydrogens (primary N) is 1. The quantitative estimate of drug-likeness (QED) is 0.765. The summed E-state index contributed by atoms with van der Waals surface area (Å²) in [5.41, 5.74) is 6.56. The number of halogens is 1. The number of carbonyl (C=O) groups excluding carboxylic acids is 1. The molecule has 5 nitrogen and oxygen atoms in total. The third-order valence-corrected chi connectivity index (χ3v) is 5.19. The fraction of sp³-hybridized carbons (Fsp3) is 0.333. The molecule has 2 aliphatic rings. The molecule has 1 aliphatic carbocycles. The molecule has 1 atom stereocenters. The van der Waals surface area contributed by atoms with Gasteiger partial charge >= 0.3 is 0 Å². The Bertz CT molecular complexity index is 803. The zero-order valence-corrected chi connectivity index (χ0v) is 14.7. The van der Waals surface area contributed by atoms with E-state index in [1.54, 1.807) is 6.07 Å². The van der Waals surface area contributed by atoms with Crippen molar-refractivity contribution in [2.75, 3.05) is 11.1 Å². The minimum atomic E-state index is -0.657. The fourth-order valence-electron chi connectivity index (χ4n) is 2.96. The molecule has 1 aliphatic heterocycles. The van der Waals surface area contributed by atoms with Crippen molar-refractivity contribution in [1.29, 1.82) is 0 Å². The maximum atomic E-state index is 13.9. The van der Waals surface area contributed by atoms with Crippen molar-refractivity contribution in [3.05, 3.63) is 53.1 Å². The molecule has 1 aromatic rings. The Morgan fingerprint density at radius 3 is 3.00 bits per heavy atom. The minimum Gasteiger partial charge on any atom is -0.507 e. The first-order valence-corrected chi connectivity index (χ1v) is 9.06. The summed E-state index contributed by atoms with van der Waals surface area (Å²) in [7, 11) is 0. The van der Waals surface area contributed by atoms with Crippen molar-refractivity contribution in [1.82, 2.24) is 0 Å². The Labute approximate surface area is 149 Å². The van der Waals surface area contributed by atoms with E-state index in [0.717, 1.165) is 17.7 Å². The van der Waals surface area contributed by atoms with Gasteiger partial charge < -0.3 is 16.2 Å². The summed E-state index contributed by atoms with van der Waals surface area (Å²) in [6, 6.07) is 7.27. The first kappa shape index (κ1) is 17.5. The smallest absolute Gasteiger partial charge is 0.262 e. The van der Waals surface area contributed by atoms with Gasteiger partial charge in [-0.3, -0.25) is 9.79 Å². The molecule has 1 unspecified atom stereocenters. The van der Waals surface area contributed by atoms with Crippen LogP contribution in [0.5, 0.6) is 0 Å². The number of aliphatic imine (C=N–C) groups is 1. The molecule has 25 heavy (non-hydrogen) atoms. The number of benzene rings is 1. The van der Waals surface area contributed by atoms with Crippen molar-refractivity contribution in [2.24, 2.45) is 10.7 Å². The molecule has 0 spiro atoms. The maximum absolute atomic E-state index is 13.9. The summed E-state index contributed by atoms with van der Waals surface area (Å²) in [4.78, 5) is 16.9. The molecule has 3 rings (SSSR count). The topological polar surface area (TPSA) is 87.7 Å². The van der Waals surface area contributed by atoms with Gasteiger partial charge in [0.15, 0.2) is 5.17 Å². The summed E-state index contributed by atoms with van der Waals surface area (Å²) in [6.07, 6.45) is 2.79. The molecule has 0 aromatic heterocycles. The molecular weight excluding hydrogens is 341 g/mol. The summed E-state index contributed by atoms with van der Waals surface area (Å²) in [6.45, 7) is 2.00. The Hall–Kier alpha value is -2.28. The highest BCUT2D eigenvalue weighted by atomic mass is 32.2. The lowest BCUT2D eigenvalue weighted by molar-refractivity contribution is -0.113. The molecule has 7 heteroatoms. The van der Waals surface area contributed by atoms with Crippen LogP contribution in [0.15, 0.2) is 52.5 Å². The number of rotatable bonds is 3. The molecule has 0 saturated carbocycles. The highest BCUT2D eigenvalue weighted by Crippen LogP contribution is 2.36. The van der Waals surface area contributed by atoms with Crippen molar-refractivity contribution >= 4 is 28.5 Å². The first-order chi connectivity index (χ1) is 11.9. The standard InChI is InChI=1S/C18H20FN3O2S/c1-18(8-9-25-17(20)22-18)11-4-2-5-12(10-11)21-16(24)15-13(19)6-3-7-14(15)23/h2,4-5,7,10,23H,3,6,8-9H2,1H3,(H2,20,22)(H,21,24). The zero-order chi connectivity index (χ0) is 18.0. The normalized spacial score (nSPS) is 23.8. The van der Waals surface area contributed by atoms with Gasteiger partial charge in [0, 0.05) is 17.9 Å². The monoisotopic (exact) mass is 361 g/mol. The lowest BCUT2D eigenvalue weighted by atomic mass is 9.89. The van der Waals surface area contributed by atoms with Gasteiger partial charge in [-0.2, -0.15) is 0 Å². The van der Waals surface area contributed by atoms with Crippen LogP contribution in [0.1, 0.15) is 31.7 Å². The molecular formula is C18H20FN3O2S. The third kappa shape index (κ3) is 3.71. The van der Waals surface area contributed by atoms with Crippen LogP contribution in [0.2, 0.25) is 0 Å². The number of hydrogen-bond donors (Lipinski definition) is 3. The van der Waals surface area contributed by atoms with E-state index in [1.807, 2.05) is 25.1 Å². The van der Waals surface area contributed by atoms with Crippen molar-refractivity contribution < 1.29 is 14.3 Å². The van der Waals surface area contributed by atoms with Gasteiger partial charge in [0.1, 0.15) is 17.2 Å². The maximum Gasteiger partial charge on any atom is 0.262 e. The average Bonchev–Trinajstić information content (AvgIpc) is 2.55. The number of allylic oxidation sites excluding steroid dienone is 2. The summed E-state index contributed by atoms with van der Waals surface area (Å²) in [5, 5.41) is 13.0. The van der Waals surface area contributed by atoms with E-state index < -0.39 is 17.3 Å². The van der Waals surface area contributed by atoms with Crippen LogP contribution in [-0.2, 0) is 10.3 Å². The van der Waals surface area contributed by atoms with Gasteiger partial charge in [0.2, 0.25) is 0 Å². The first-order valence-electron chi connectivity index (χ1n) is 8.07. The number of aliphatic hydroxyl groups is 1. The van der Waals surface area contributed by atoms with Gasteiger partial charge in [0.25, 0.3) is 5.91 Å². The van der Waals surface area contributed by atoms with Crippen molar-refractivity contribution in [2.45, 2.75) is 31.7 Å². The number of amidine groups is 1. The highest BCUT2D eigenvalue weighted by Gasteiger charge is 2.30. The van der Waals surface area contributed by atoms with E-state index in [1.165, 1.54) is 17.8 Å². The molecule has 0 bridgehead atoms. The van der Waals surface area contributed by atoms with Crippen molar-refractivity contribution in [3.63, 3.8) is 0 Å². The summed E-state index contributed by atoms with van der Waals surface area (Å²) < 4.78 is 13.9. The van der Waals surface area contributed by atoms with Crippen LogP contribution < -0.4 is 11.1 Å². The minimum absolute atomic E-state index is 0.122. The molecule has 0 radical (unpaired) electrons. The summed E-state index contributed by atoms with van der Waals surface area (Å²) >= 11 is 1.53. The molecule has 132 valence electrons. The van der Waals surface area contributed by atoms with Crippen LogP contribution in [-0.4, -0.2) is 21.9 Å². The number of amides is 1. The number of nitrogens with zero attached hydrogens (tertiary/aromatic N) is 1. The van der Waals surface area contributed by atoms with E-state index in [-0.39, 0.29) is 17.8 Å². The van der Waals surface area contributed by atoms with Gasteiger partial charge in [-0.15, -0.1) is 0 Å². The van der Waals surface area contributed by atoms with E-state index in [9.17, 15) is 14.3 Å². The van der Waals surface area contributed by atoms with Gasteiger partial charge in [-0.05, 0) is 43.5 Å². The SMILES string of the molecule is CC1(c2cccc(NC(=O)C3=C(F)CCC=C3O)c2)CCSC(N)=N1. The Morgan fingerprint density at radius 1 is 1.48 bits per heavy atom. The molecule has 1 aromatic carbocycles. The van der Waals surface area contributed by atoms with Crippen LogP contribution >= 0.6 is 11.8 Å².